The highest BCUT2D eigenvalue weighted by Crippen LogP contribution is 2.36. The van der Waals surface area contributed by atoms with Gasteiger partial charge in [0.05, 0.1) is 16.6 Å². The molecule has 2 aromatic rings. The summed E-state index contributed by atoms with van der Waals surface area (Å²) in [4.78, 5) is 5.31. The Morgan fingerprint density at radius 2 is 2.05 bits per heavy atom. The number of aryl methyl sites for hydroxylation is 1. The summed E-state index contributed by atoms with van der Waals surface area (Å²) < 4.78 is 0. The lowest BCUT2D eigenvalue weighted by Gasteiger charge is -2.26. The van der Waals surface area contributed by atoms with Crippen molar-refractivity contribution in [3.8, 4) is 11.1 Å². The molecule has 1 heterocycles. The van der Waals surface area contributed by atoms with E-state index < -0.39 is 0 Å². The second kappa shape index (κ2) is 5.33. The highest BCUT2D eigenvalue weighted by Gasteiger charge is 2.26. The van der Waals surface area contributed by atoms with Crippen LogP contribution in [-0.4, -0.2) is 9.97 Å². The van der Waals surface area contributed by atoms with Gasteiger partial charge in [0.1, 0.15) is 0 Å². The fraction of sp³-hybridized carbons (Fsp3) is 0.294. The lowest BCUT2D eigenvalue weighted by atomic mass is 9.82. The molecule has 1 atom stereocenters. The SMILES string of the molecule is Cc1cc(-c2ccccc2)c2c(n1)[C@@H](C(N)=S)CCC2. The van der Waals surface area contributed by atoms with Gasteiger partial charge in [-0.3, -0.25) is 4.98 Å². The number of hydrogen-bond donors (Lipinski definition) is 1. The van der Waals surface area contributed by atoms with Crippen molar-refractivity contribution in [1.82, 2.24) is 4.98 Å². The van der Waals surface area contributed by atoms with Gasteiger partial charge in [-0.05, 0) is 48.9 Å². The molecule has 0 bridgehead atoms. The number of nitrogens with two attached hydrogens (primary N) is 1. The van der Waals surface area contributed by atoms with E-state index >= 15 is 0 Å². The molecule has 0 saturated heterocycles. The average molecular weight is 282 g/mol. The number of nitrogens with zero attached hydrogens (tertiary/aromatic N) is 1. The van der Waals surface area contributed by atoms with Crippen molar-refractivity contribution in [1.29, 1.82) is 0 Å². The van der Waals surface area contributed by atoms with Gasteiger partial charge in [0, 0.05) is 5.69 Å². The predicted molar refractivity (Wildman–Crippen MR) is 86.9 cm³/mol. The summed E-state index contributed by atoms with van der Waals surface area (Å²) in [5, 5.41) is 0. The molecule has 1 aliphatic rings. The van der Waals surface area contributed by atoms with E-state index in [0.29, 0.717) is 4.99 Å². The highest BCUT2D eigenvalue weighted by atomic mass is 32.1. The first-order chi connectivity index (χ1) is 9.66. The molecule has 1 aromatic carbocycles. The van der Waals surface area contributed by atoms with Crippen LogP contribution in [0.15, 0.2) is 36.4 Å². The van der Waals surface area contributed by atoms with Crippen LogP contribution < -0.4 is 5.73 Å². The molecule has 0 aliphatic heterocycles. The summed E-state index contributed by atoms with van der Waals surface area (Å²) in [6, 6.07) is 12.7. The lowest BCUT2D eigenvalue weighted by molar-refractivity contribution is 0.633. The molecule has 0 amide bonds. The number of fused-ring (bicyclic) bond motifs is 1. The number of benzene rings is 1. The van der Waals surface area contributed by atoms with E-state index in [1.807, 2.05) is 13.0 Å². The third-order valence-electron chi connectivity index (χ3n) is 3.96. The minimum atomic E-state index is 0.135. The first-order valence-electron chi connectivity index (χ1n) is 7.02. The second-order valence-corrected chi connectivity index (χ2v) is 5.86. The van der Waals surface area contributed by atoms with Crippen LogP contribution in [0.3, 0.4) is 0 Å². The molecule has 102 valence electrons. The standard InChI is InChI=1S/C17H18N2S/c1-11-10-15(12-6-3-2-4-7-12)13-8-5-9-14(17(18)20)16(13)19-11/h2-4,6-7,10,14H,5,8-9H2,1H3,(H2,18,20)/t14-/m0/s1. The first-order valence-corrected chi connectivity index (χ1v) is 7.43. The van der Waals surface area contributed by atoms with Crippen LogP contribution >= 0.6 is 12.2 Å². The maximum Gasteiger partial charge on any atom is 0.0819 e. The Labute approximate surface area is 125 Å². The Morgan fingerprint density at radius 1 is 1.30 bits per heavy atom. The molecule has 0 saturated carbocycles. The van der Waals surface area contributed by atoms with Crippen molar-refractivity contribution in [3.63, 3.8) is 0 Å². The zero-order valence-corrected chi connectivity index (χ0v) is 12.4. The van der Waals surface area contributed by atoms with E-state index in [1.165, 1.54) is 16.7 Å². The Kier molecular flexibility index (Phi) is 3.53. The third-order valence-corrected chi connectivity index (χ3v) is 4.25. The van der Waals surface area contributed by atoms with Crippen LogP contribution in [0.1, 0.15) is 35.7 Å². The maximum atomic E-state index is 5.91. The van der Waals surface area contributed by atoms with Gasteiger partial charge in [0.15, 0.2) is 0 Å². The largest absolute Gasteiger partial charge is 0.393 e. The second-order valence-electron chi connectivity index (χ2n) is 5.39. The molecule has 3 rings (SSSR count). The van der Waals surface area contributed by atoms with Crippen molar-refractivity contribution in [3.05, 3.63) is 53.3 Å². The fourth-order valence-electron chi connectivity index (χ4n) is 3.05. The van der Waals surface area contributed by atoms with Crippen LogP contribution in [0.5, 0.6) is 0 Å². The smallest absolute Gasteiger partial charge is 0.0819 e. The van der Waals surface area contributed by atoms with Crippen molar-refractivity contribution >= 4 is 17.2 Å². The van der Waals surface area contributed by atoms with Crippen LogP contribution in [0.2, 0.25) is 0 Å². The Hall–Kier alpha value is -1.74. The van der Waals surface area contributed by atoms with Crippen molar-refractivity contribution in [2.75, 3.05) is 0 Å². The molecule has 0 unspecified atom stereocenters. The number of pyridine rings is 1. The molecular formula is C17H18N2S. The quantitative estimate of drug-likeness (QED) is 0.852. The van der Waals surface area contributed by atoms with E-state index in [0.717, 1.165) is 30.7 Å². The molecule has 3 heteroatoms. The zero-order valence-electron chi connectivity index (χ0n) is 11.6. The van der Waals surface area contributed by atoms with E-state index in [2.05, 4.69) is 30.3 Å². The Bertz CT molecular complexity index is 650. The van der Waals surface area contributed by atoms with Crippen LogP contribution in [-0.2, 0) is 6.42 Å². The van der Waals surface area contributed by atoms with Gasteiger partial charge in [-0.1, -0.05) is 42.5 Å². The molecule has 1 aliphatic carbocycles. The predicted octanol–water partition coefficient (Wildman–Crippen LogP) is 3.76. The lowest BCUT2D eigenvalue weighted by Crippen LogP contribution is -2.25. The zero-order chi connectivity index (χ0) is 14.1. The van der Waals surface area contributed by atoms with E-state index in [1.54, 1.807) is 0 Å². The number of aromatic nitrogens is 1. The van der Waals surface area contributed by atoms with Gasteiger partial charge >= 0.3 is 0 Å². The normalized spacial score (nSPS) is 17.6. The first kappa shape index (κ1) is 13.3. The molecule has 0 fully saturated rings. The van der Waals surface area contributed by atoms with Gasteiger partial charge in [-0.25, -0.2) is 0 Å². The topological polar surface area (TPSA) is 38.9 Å². The molecule has 20 heavy (non-hydrogen) atoms. The summed E-state index contributed by atoms with van der Waals surface area (Å²) in [6.07, 6.45) is 3.21. The summed E-state index contributed by atoms with van der Waals surface area (Å²) in [6.45, 7) is 2.04. The molecule has 0 spiro atoms. The van der Waals surface area contributed by atoms with Gasteiger partial charge in [0.2, 0.25) is 0 Å². The Morgan fingerprint density at radius 3 is 2.75 bits per heavy atom. The molecule has 0 radical (unpaired) electrons. The van der Waals surface area contributed by atoms with Gasteiger partial charge in [-0.15, -0.1) is 0 Å². The van der Waals surface area contributed by atoms with Gasteiger partial charge in [0.25, 0.3) is 0 Å². The number of thiocarbonyl (C=S) groups is 1. The minimum absolute atomic E-state index is 0.135. The number of rotatable bonds is 2. The summed E-state index contributed by atoms with van der Waals surface area (Å²) in [5.74, 6) is 0.135. The average Bonchev–Trinajstić information content (AvgIpc) is 2.46. The summed E-state index contributed by atoms with van der Waals surface area (Å²) in [5.41, 5.74) is 11.9. The maximum absolute atomic E-state index is 5.91. The molecule has 1 aromatic heterocycles. The molecule has 2 N–H and O–H groups in total. The van der Waals surface area contributed by atoms with Crippen molar-refractivity contribution in [2.24, 2.45) is 5.73 Å². The van der Waals surface area contributed by atoms with E-state index in [9.17, 15) is 0 Å². The monoisotopic (exact) mass is 282 g/mol. The summed E-state index contributed by atoms with van der Waals surface area (Å²) >= 11 is 5.23. The van der Waals surface area contributed by atoms with Gasteiger partial charge < -0.3 is 5.73 Å². The van der Waals surface area contributed by atoms with Crippen molar-refractivity contribution in [2.45, 2.75) is 32.1 Å². The molecular weight excluding hydrogens is 264 g/mol. The third kappa shape index (κ3) is 2.34. The molecule has 2 nitrogen and oxygen atoms in total. The van der Waals surface area contributed by atoms with Crippen LogP contribution in [0.25, 0.3) is 11.1 Å². The van der Waals surface area contributed by atoms with Crippen LogP contribution in [0, 0.1) is 6.92 Å². The van der Waals surface area contributed by atoms with E-state index in [-0.39, 0.29) is 5.92 Å². The van der Waals surface area contributed by atoms with E-state index in [4.69, 9.17) is 22.9 Å². The highest BCUT2D eigenvalue weighted by molar-refractivity contribution is 7.80. The van der Waals surface area contributed by atoms with Gasteiger partial charge in [-0.2, -0.15) is 0 Å². The fourth-order valence-corrected chi connectivity index (χ4v) is 3.28. The van der Waals surface area contributed by atoms with Crippen LogP contribution in [0.4, 0.5) is 0 Å². The summed E-state index contributed by atoms with van der Waals surface area (Å²) in [7, 11) is 0. The minimum Gasteiger partial charge on any atom is -0.393 e. The Balaban J connectivity index is 2.20. The van der Waals surface area contributed by atoms with Crippen molar-refractivity contribution < 1.29 is 0 Å². The number of hydrogen-bond acceptors (Lipinski definition) is 2.